The normalized spacial score (nSPS) is 19.1. The molecule has 1 saturated heterocycles. The largest absolute Gasteiger partial charge is 0.453 e. The highest BCUT2D eigenvalue weighted by atomic mass is 16.5. The smallest absolute Gasteiger partial charge is 0.410 e. The molecule has 1 fully saturated rings. The van der Waals surface area contributed by atoms with Gasteiger partial charge in [-0.3, -0.25) is 9.69 Å². The van der Waals surface area contributed by atoms with E-state index >= 15 is 0 Å². The van der Waals surface area contributed by atoms with Crippen LogP contribution in [-0.2, 0) is 4.74 Å². The Balaban J connectivity index is 2.17. The molecular weight excluding hydrogens is 218 g/mol. The van der Waals surface area contributed by atoms with Crippen LogP contribution >= 0.6 is 0 Å². The van der Waals surface area contributed by atoms with Gasteiger partial charge >= 0.3 is 6.09 Å². The van der Waals surface area contributed by atoms with Gasteiger partial charge in [0.05, 0.1) is 13.2 Å². The van der Waals surface area contributed by atoms with Crippen LogP contribution in [0.15, 0.2) is 30.3 Å². The summed E-state index contributed by atoms with van der Waals surface area (Å²) in [6, 6.07) is 8.69. The van der Waals surface area contributed by atoms with E-state index in [4.69, 9.17) is 0 Å². The van der Waals surface area contributed by atoms with Gasteiger partial charge in [-0.25, -0.2) is 4.79 Å². The van der Waals surface area contributed by atoms with Crippen molar-refractivity contribution in [3.8, 4) is 0 Å². The first kappa shape index (κ1) is 11.6. The van der Waals surface area contributed by atoms with E-state index in [0.717, 1.165) is 6.42 Å². The molecule has 0 aromatic heterocycles. The maximum Gasteiger partial charge on any atom is 0.410 e. The first-order chi connectivity index (χ1) is 8.24. The summed E-state index contributed by atoms with van der Waals surface area (Å²) in [5, 5.41) is 0. The minimum absolute atomic E-state index is 0.00602. The first-order valence-corrected chi connectivity index (χ1v) is 5.68. The summed E-state index contributed by atoms with van der Waals surface area (Å²) in [6.07, 6.45) is 1.14. The van der Waals surface area contributed by atoms with Crippen LogP contribution in [0, 0.1) is 0 Å². The van der Waals surface area contributed by atoms with Crippen molar-refractivity contribution in [2.24, 2.45) is 0 Å². The molecule has 4 nitrogen and oxygen atoms in total. The number of likely N-dealkylation sites (tertiary alicyclic amines) is 1. The van der Waals surface area contributed by atoms with Gasteiger partial charge in [0, 0.05) is 12.1 Å². The molecule has 90 valence electrons. The molecule has 1 heterocycles. The van der Waals surface area contributed by atoms with Crippen molar-refractivity contribution in [2.75, 3.05) is 13.7 Å². The number of benzene rings is 1. The van der Waals surface area contributed by atoms with E-state index in [1.165, 1.54) is 12.0 Å². The highest BCUT2D eigenvalue weighted by Gasteiger charge is 2.34. The Hall–Kier alpha value is -1.84. The summed E-state index contributed by atoms with van der Waals surface area (Å²) < 4.78 is 4.69. The molecule has 1 aliphatic rings. The summed E-state index contributed by atoms with van der Waals surface area (Å²) in [7, 11) is 1.34. The monoisotopic (exact) mass is 233 g/mol. The number of rotatable bonds is 2. The highest BCUT2D eigenvalue weighted by molar-refractivity contribution is 6.01. The zero-order chi connectivity index (χ0) is 12.3. The van der Waals surface area contributed by atoms with Gasteiger partial charge in [0.25, 0.3) is 0 Å². The second kappa shape index (κ2) is 4.99. The van der Waals surface area contributed by atoms with Crippen molar-refractivity contribution in [2.45, 2.75) is 18.9 Å². The molecule has 0 bridgehead atoms. The number of carbonyl (C=O) groups is 2. The second-order valence-electron chi connectivity index (χ2n) is 4.05. The van der Waals surface area contributed by atoms with Gasteiger partial charge in [-0.05, 0) is 12.8 Å². The number of nitrogens with zero attached hydrogens (tertiary/aromatic N) is 1. The Labute approximate surface area is 100 Å². The van der Waals surface area contributed by atoms with Crippen molar-refractivity contribution in [1.29, 1.82) is 0 Å². The molecule has 17 heavy (non-hydrogen) atoms. The molecule has 1 aliphatic heterocycles. The summed E-state index contributed by atoms with van der Waals surface area (Å²) in [6.45, 7) is 0.593. The van der Waals surface area contributed by atoms with E-state index in [-0.39, 0.29) is 11.8 Å². The van der Waals surface area contributed by atoms with Crippen LogP contribution in [0.3, 0.4) is 0 Å². The number of hydrogen-bond donors (Lipinski definition) is 0. The van der Waals surface area contributed by atoms with Crippen molar-refractivity contribution in [1.82, 2.24) is 4.90 Å². The zero-order valence-corrected chi connectivity index (χ0v) is 9.76. The summed E-state index contributed by atoms with van der Waals surface area (Å²) >= 11 is 0. The molecule has 2 rings (SSSR count). The Bertz CT molecular complexity index is 416. The third-order valence-corrected chi connectivity index (χ3v) is 3.02. The van der Waals surface area contributed by atoms with Crippen LogP contribution < -0.4 is 0 Å². The van der Waals surface area contributed by atoms with Crippen LogP contribution in [0.25, 0.3) is 0 Å². The summed E-state index contributed by atoms with van der Waals surface area (Å²) in [5.74, 6) is -0.00602. The lowest BCUT2D eigenvalue weighted by Crippen LogP contribution is -2.40. The number of ether oxygens (including phenoxy) is 1. The predicted molar refractivity (Wildman–Crippen MR) is 62.9 cm³/mol. The van der Waals surface area contributed by atoms with Gasteiger partial charge < -0.3 is 4.74 Å². The first-order valence-electron chi connectivity index (χ1n) is 5.68. The van der Waals surface area contributed by atoms with E-state index in [0.29, 0.717) is 18.5 Å². The lowest BCUT2D eigenvalue weighted by molar-refractivity contribution is 0.0814. The SMILES string of the molecule is COC(=O)N1CCCC1C(=O)c1ccccc1. The van der Waals surface area contributed by atoms with Crippen LogP contribution in [-0.4, -0.2) is 36.5 Å². The fraction of sp³-hybridized carbons (Fsp3) is 0.385. The van der Waals surface area contributed by atoms with Gasteiger partial charge in [-0.15, -0.1) is 0 Å². The Morgan fingerprint density at radius 1 is 1.29 bits per heavy atom. The molecule has 4 heteroatoms. The Morgan fingerprint density at radius 3 is 2.65 bits per heavy atom. The molecule has 0 N–H and O–H groups in total. The third kappa shape index (κ3) is 2.30. The Kier molecular flexibility index (Phi) is 3.42. The molecule has 1 aromatic rings. The van der Waals surface area contributed by atoms with Gasteiger partial charge in [-0.2, -0.15) is 0 Å². The lowest BCUT2D eigenvalue weighted by atomic mass is 10.0. The van der Waals surface area contributed by atoms with Crippen LogP contribution in [0.1, 0.15) is 23.2 Å². The Morgan fingerprint density at radius 2 is 2.00 bits per heavy atom. The minimum atomic E-state index is -0.420. The lowest BCUT2D eigenvalue weighted by Gasteiger charge is -2.21. The molecule has 0 radical (unpaired) electrons. The molecule has 0 aliphatic carbocycles. The fourth-order valence-corrected chi connectivity index (χ4v) is 2.17. The van der Waals surface area contributed by atoms with Crippen LogP contribution in [0.5, 0.6) is 0 Å². The van der Waals surface area contributed by atoms with Gasteiger partial charge in [0.2, 0.25) is 0 Å². The maximum atomic E-state index is 12.2. The number of amides is 1. The predicted octanol–water partition coefficient (Wildman–Crippen LogP) is 2.10. The van der Waals surface area contributed by atoms with E-state index in [2.05, 4.69) is 4.74 Å². The fourth-order valence-electron chi connectivity index (χ4n) is 2.17. The van der Waals surface area contributed by atoms with Crippen LogP contribution in [0.2, 0.25) is 0 Å². The highest BCUT2D eigenvalue weighted by Crippen LogP contribution is 2.21. The third-order valence-electron chi connectivity index (χ3n) is 3.02. The number of methoxy groups -OCH3 is 1. The van der Waals surface area contributed by atoms with Crippen molar-refractivity contribution in [3.05, 3.63) is 35.9 Å². The number of hydrogen-bond acceptors (Lipinski definition) is 3. The van der Waals surface area contributed by atoms with Gasteiger partial charge in [0.15, 0.2) is 5.78 Å². The standard InChI is InChI=1S/C13H15NO3/c1-17-13(16)14-9-5-8-11(14)12(15)10-6-3-2-4-7-10/h2-4,6-7,11H,5,8-9H2,1H3. The summed E-state index contributed by atoms with van der Waals surface area (Å²) in [4.78, 5) is 25.2. The number of ketones is 1. The average Bonchev–Trinajstić information content (AvgIpc) is 2.87. The summed E-state index contributed by atoms with van der Waals surface area (Å²) in [5.41, 5.74) is 0.647. The molecule has 1 unspecified atom stereocenters. The molecule has 1 aromatic carbocycles. The van der Waals surface area contributed by atoms with Crippen molar-refractivity contribution in [3.63, 3.8) is 0 Å². The molecular formula is C13H15NO3. The second-order valence-corrected chi connectivity index (χ2v) is 4.05. The van der Waals surface area contributed by atoms with E-state index < -0.39 is 6.09 Å². The molecule has 0 saturated carbocycles. The van der Waals surface area contributed by atoms with Crippen LogP contribution in [0.4, 0.5) is 4.79 Å². The van der Waals surface area contributed by atoms with Crippen molar-refractivity contribution < 1.29 is 14.3 Å². The minimum Gasteiger partial charge on any atom is -0.453 e. The quantitative estimate of drug-likeness (QED) is 0.735. The molecule has 0 spiro atoms. The average molecular weight is 233 g/mol. The van der Waals surface area contributed by atoms with Crippen molar-refractivity contribution >= 4 is 11.9 Å². The number of carbonyl (C=O) groups excluding carboxylic acids is 2. The maximum absolute atomic E-state index is 12.2. The molecule has 1 amide bonds. The van der Waals surface area contributed by atoms with E-state index in [9.17, 15) is 9.59 Å². The topological polar surface area (TPSA) is 46.6 Å². The molecule has 1 atom stereocenters. The number of Topliss-reactive ketones (excluding diaryl/α,β-unsaturated/α-hetero) is 1. The van der Waals surface area contributed by atoms with E-state index in [1.54, 1.807) is 12.1 Å². The van der Waals surface area contributed by atoms with Gasteiger partial charge in [-0.1, -0.05) is 30.3 Å². The van der Waals surface area contributed by atoms with E-state index in [1.807, 2.05) is 18.2 Å². The van der Waals surface area contributed by atoms with Gasteiger partial charge in [0.1, 0.15) is 0 Å². The zero-order valence-electron chi connectivity index (χ0n) is 9.76.